The van der Waals surface area contributed by atoms with Gasteiger partial charge in [-0.15, -0.1) is 0 Å². The average molecular weight is 169 g/mol. The van der Waals surface area contributed by atoms with Gasteiger partial charge in [0.2, 0.25) is 0 Å². The van der Waals surface area contributed by atoms with Crippen molar-refractivity contribution in [1.82, 2.24) is 4.90 Å². The van der Waals surface area contributed by atoms with E-state index in [-0.39, 0.29) is 0 Å². The number of rotatable bonds is 3. The van der Waals surface area contributed by atoms with Gasteiger partial charge in [0.05, 0.1) is 13.2 Å². The van der Waals surface area contributed by atoms with Crippen LogP contribution >= 0.6 is 0 Å². The van der Waals surface area contributed by atoms with Gasteiger partial charge < -0.3 is 4.74 Å². The zero-order valence-corrected chi connectivity index (χ0v) is 8.18. The summed E-state index contributed by atoms with van der Waals surface area (Å²) < 4.78 is 5.27. The zero-order valence-electron chi connectivity index (χ0n) is 8.18. The largest absolute Gasteiger partial charge is 0.379 e. The van der Waals surface area contributed by atoms with Gasteiger partial charge in [-0.25, -0.2) is 0 Å². The lowest BCUT2D eigenvalue weighted by Gasteiger charge is -2.28. The van der Waals surface area contributed by atoms with Crippen LogP contribution in [0.5, 0.6) is 0 Å². The van der Waals surface area contributed by atoms with Gasteiger partial charge >= 0.3 is 0 Å². The molecule has 0 saturated carbocycles. The highest BCUT2D eigenvalue weighted by Crippen LogP contribution is 2.09. The van der Waals surface area contributed by atoms with Crippen LogP contribution in [-0.2, 0) is 4.74 Å². The zero-order chi connectivity index (χ0) is 8.97. The number of morpholine rings is 1. The molecule has 0 aromatic rings. The summed E-state index contributed by atoms with van der Waals surface area (Å²) in [5.74, 6) is 0.604. The monoisotopic (exact) mass is 169 g/mol. The van der Waals surface area contributed by atoms with E-state index < -0.39 is 0 Å². The topological polar surface area (TPSA) is 12.5 Å². The highest BCUT2D eigenvalue weighted by Gasteiger charge is 2.11. The van der Waals surface area contributed by atoms with E-state index in [2.05, 4.69) is 25.3 Å². The summed E-state index contributed by atoms with van der Waals surface area (Å²) in [5, 5.41) is 0. The molecule has 1 heterocycles. The maximum atomic E-state index is 5.27. The van der Waals surface area contributed by atoms with E-state index >= 15 is 0 Å². The van der Waals surface area contributed by atoms with Gasteiger partial charge in [0.1, 0.15) is 0 Å². The molecule has 0 aliphatic carbocycles. The predicted octanol–water partition coefficient (Wildman–Crippen LogP) is 1.53. The van der Waals surface area contributed by atoms with Crippen LogP contribution in [0.2, 0.25) is 0 Å². The first-order valence-electron chi connectivity index (χ1n) is 4.68. The molecule has 1 rings (SSSR count). The highest BCUT2D eigenvalue weighted by atomic mass is 16.5. The molecule has 0 atom stereocenters. The molecule has 1 aliphatic rings. The molecular weight excluding hydrogens is 150 g/mol. The molecule has 0 bridgehead atoms. The Balaban J connectivity index is 2.24. The lowest BCUT2D eigenvalue weighted by molar-refractivity contribution is 0.0415. The van der Waals surface area contributed by atoms with E-state index in [9.17, 15) is 0 Å². The number of nitrogens with zero attached hydrogens (tertiary/aromatic N) is 1. The lowest BCUT2D eigenvalue weighted by Crippen LogP contribution is -2.37. The van der Waals surface area contributed by atoms with Crippen LogP contribution in [0.15, 0.2) is 12.2 Å². The van der Waals surface area contributed by atoms with Crippen molar-refractivity contribution in [2.24, 2.45) is 5.92 Å². The standard InChI is InChI=1S/C10H19NO/c1-9(2)10(3)8-11-4-6-12-7-5-11/h9H,3-8H2,1-2H3. The molecule has 2 nitrogen and oxygen atoms in total. The van der Waals surface area contributed by atoms with Crippen LogP contribution in [0, 0.1) is 5.92 Å². The Hall–Kier alpha value is -0.340. The van der Waals surface area contributed by atoms with Crippen LogP contribution in [0.3, 0.4) is 0 Å². The Kier molecular flexibility index (Phi) is 3.76. The summed E-state index contributed by atoms with van der Waals surface area (Å²) in [4.78, 5) is 2.41. The first-order chi connectivity index (χ1) is 5.70. The van der Waals surface area contributed by atoms with E-state index in [1.54, 1.807) is 0 Å². The maximum absolute atomic E-state index is 5.27. The van der Waals surface area contributed by atoms with Crippen LogP contribution in [0.25, 0.3) is 0 Å². The Bertz CT molecular complexity index is 148. The first-order valence-corrected chi connectivity index (χ1v) is 4.68. The van der Waals surface area contributed by atoms with Gasteiger partial charge in [0.15, 0.2) is 0 Å². The third kappa shape index (κ3) is 2.95. The van der Waals surface area contributed by atoms with E-state index in [0.717, 1.165) is 32.8 Å². The Morgan fingerprint density at radius 2 is 2.00 bits per heavy atom. The predicted molar refractivity (Wildman–Crippen MR) is 51.2 cm³/mol. The second-order valence-electron chi connectivity index (χ2n) is 3.70. The van der Waals surface area contributed by atoms with Gasteiger partial charge in [-0.2, -0.15) is 0 Å². The number of hydrogen-bond acceptors (Lipinski definition) is 2. The molecule has 0 spiro atoms. The van der Waals surface area contributed by atoms with Crippen molar-refractivity contribution in [2.45, 2.75) is 13.8 Å². The fourth-order valence-electron chi connectivity index (χ4n) is 1.23. The summed E-state index contributed by atoms with van der Waals surface area (Å²) in [7, 11) is 0. The van der Waals surface area contributed by atoms with Crippen molar-refractivity contribution in [1.29, 1.82) is 0 Å². The highest BCUT2D eigenvalue weighted by molar-refractivity contribution is 5.00. The third-order valence-corrected chi connectivity index (χ3v) is 2.35. The quantitative estimate of drug-likeness (QED) is 0.594. The van der Waals surface area contributed by atoms with Gasteiger partial charge in [0, 0.05) is 19.6 Å². The molecule has 12 heavy (non-hydrogen) atoms. The SMILES string of the molecule is C=C(CN1CCOCC1)C(C)C. The molecule has 0 aromatic carbocycles. The lowest BCUT2D eigenvalue weighted by atomic mass is 10.1. The van der Waals surface area contributed by atoms with Crippen LogP contribution in [0.4, 0.5) is 0 Å². The minimum absolute atomic E-state index is 0.604. The molecule has 1 fully saturated rings. The normalized spacial score (nSPS) is 19.9. The molecule has 70 valence electrons. The molecule has 0 aromatic heterocycles. The summed E-state index contributed by atoms with van der Waals surface area (Å²) in [5.41, 5.74) is 1.33. The second kappa shape index (κ2) is 4.63. The summed E-state index contributed by atoms with van der Waals surface area (Å²) >= 11 is 0. The molecule has 0 unspecified atom stereocenters. The third-order valence-electron chi connectivity index (χ3n) is 2.35. The molecule has 0 radical (unpaired) electrons. The summed E-state index contributed by atoms with van der Waals surface area (Å²) in [6, 6.07) is 0. The van der Waals surface area contributed by atoms with Gasteiger partial charge in [0.25, 0.3) is 0 Å². The summed E-state index contributed by atoms with van der Waals surface area (Å²) in [6.45, 7) is 13.4. The van der Waals surface area contributed by atoms with Crippen LogP contribution in [0.1, 0.15) is 13.8 Å². The maximum Gasteiger partial charge on any atom is 0.0594 e. The minimum Gasteiger partial charge on any atom is -0.379 e. The Labute approximate surface area is 75.2 Å². The van der Waals surface area contributed by atoms with Gasteiger partial charge in [-0.3, -0.25) is 4.90 Å². The van der Waals surface area contributed by atoms with Crippen molar-refractivity contribution in [3.8, 4) is 0 Å². The first kappa shape index (κ1) is 9.75. The van der Waals surface area contributed by atoms with Crippen LogP contribution in [-0.4, -0.2) is 37.7 Å². The van der Waals surface area contributed by atoms with Crippen molar-refractivity contribution >= 4 is 0 Å². The van der Waals surface area contributed by atoms with Gasteiger partial charge in [-0.1, -0.05) is 26.0 Å². The fraction of sp³-hybridized carbons (Fsp3) is 0.800. The molecule has 2 heteroatoms. The number of ether oxygens (including phenoxy) is 1. The van der Waals surface area contributed by atoms with E-state index in [4.69, 9.17) is 4.74 Å². The average Bonchev–Trinajstić information content (AvgIpc) is 2.06. The van der Waals surface area contributed by atoms with Crippen LogP contribution < -0.4 is 0 Å². The van der Waals surface area contributed by atoms with Gasteiger partial charge in [-0.05, 0) is 5.92 Å². The Morgan fingerprint density at radius 1 is 1.42 bits per heavy atom. The van der Waals surface area contributed by atoms with Crippen molar-refractivity contribution in [2.75, 3.05) is 32.8 Å². The summed E-state index contributed by atoms with van der Waals surface area (Å²) in [6.07, 6.45) is 0. The van der Waals surface area contributed by atoms with E-state index in [1.165, 1.54) is 5.57 Å². The van der Waals surface area contributed by atoms with Crippen molar-refractivity contribution in [3.05, 3.63) is 12.2 Å². The smallest absolute Gasteiger partial charge is 0.0594 e. The number of hydrogen-bond donors (Lipinski definition) is 0. The molecule has 0 amide bonds. The fourth-order valence-corrected chi connectivity index (χ4v) is 1.23. The molecule has 0 N–H and O–H groups in total. The Morgan fingerprint density at radius 3 is 2.50 bits per heavy atom. The van der Waals surface area contributed by atoms with E-state index in [0.29, 0.717) is 5.92 Å². The van der Waals surface area contributed by atoms with E-state index in [1.807, 2.05) is 0 Å². The van der Waals surface area contributed by atoms with Crippen molar-refractivity contribution in [3.63, 3.8) is 0 Å². The second-order valence-corrected chi connectivity index (χ2v) is 3.70. The molecular formula is C10H19NO. The van der Waals surface area contributed by atoms with Crippen molar-refractivity contribution < 1.29 is 4.74 Å². The minimum atomic E-state index is 0.604. The molecule has 1 saturated heterocycles. The molecule has 1 aliphatic heterocycles.